The Bertz CT molecular complexity index is 890. The van der Waals surface area contributed by atoms with Crippen molar-refractivity contribution in [1.29, 1.82) is 0 Å². The van der Waals surface area contributed by atoms with Crippen LogP contribution in [0.2, 0.25) is 0 Å². The Morgan fingerprint density at radius 3 is 2.57 bits per heavy atom. The molecule has 0 saturated heterocycles. The van der Waals surface area contributed by atoms with E-state index in [1.165, 1.54) is 45.6 Å². The molecule has 0 bridgehead atoms. The molecule has 4 aliphatic rings. The van der Waals surface area contributed by atoms with Crippen molar-refractivity contribution in [3.05, 3.63) is 23.8 Å². The topological polar surface area (TPSA) is 63.6 Å². The highest BCUT2D eigenvalue weighted by molar-refractivity contribution is 5.71. The first-order valence-electron chi connectivity index (χ1n) is 14.0. The maximum atomic E-state index is 12.2. The number of methoxy groups -OCH3 is 1. The van der Waals surface area contributed by atoms with Crippen molar-refractivity contribution in [2.45, 2.75) is 98.3 Å². The van der Waals surface area contributed by atoms with Crippen LogP contribution in [0, 0.1) is 45.3 Å². The monoisotopic (exact) mass is 484 g/mol. The molecule has 0 unspecified atom stereocenters. The Morgan fingerprint density at radius 1 is 1.17 bits per heavy atom. The van der Waals surface area contributed by atoms with Crippen molar-refractivity contribution < 1.29 is 19.4 Å². The lowest BCUT2D eigenvalue weighted by molar-refractivity contribution is -0.142. The number of carbonyl (C=O) groups excluding carboxylic acids is 2. The molecule has 1 spiro atoms. The summed E-state index contributed by atoms with van der Waals surface area (Å²) in [6.07, 6.45) is 15.2. The normalized spacial score (nSPS) is 42.9. The number of esters is 1. The molecule has 0 aromatic heterocycles. The summed E-state index contributed by atoms with van der Waals surface area (Å²) in [5, 5.41) is 10.00. The van der Waals surface area contributed by atoms with E-state index < -0.39 is 0 Å². The lowest BCUT2D eigenvalue weighted by Crippen LogP contribution is -2.54. The summed E-state index contributed by atoms with van der Waals surface area (Å²) < 4.78 is 5.03. The van der Waals surface area contributed by atoms with Gasteiger partial charge in [0.2, 0.25) is 0 Å². The molecule has 0 heterocycles. The molecule has 0 radical (unpaired) electrons. The van der Waals surface area contributed by atoms with Crippen LogP contribution in [-0.4, -0.2) is 31.1 Å². The van der Waals surface area contributed by atoms with Crippen LogP contribution in [0.15, 0.2) is 23.8 Å². The SMILES string of the molecule is C=C(CO)[C@@H]1CC[C@@H]2[C@]3(CC[C@]4(C)[C@@H]([C@H](C)CCC=C(C)C=O)CC[C@@]24C)C[C@]13CCC(=O)OC. The molecule has 196 valence electrons. The average Bonchev–Trinajstić information content (AvgIpc) is 3.44. The minimum Gasteiger partial charge on any atom is -0.469 e. The maximum absolute atomic E-state index is 12.2. The van der Waals surface area contributed by atoms with Gasteiger partial charge in [-0.1, -0.05) is 33.4 Å². The molecule has 4 heteroatoms. The van der Waals surface area contributed by atoms with Gasteiger partial charge in [0.1, 0.15) is 6.29 Å². The minimum atomic E-state index is -0.114. The fourth-order valence-electron chi connectivity index (χ4n) is 10.2. The molecule has 0 aromatic rings. The van der Waals surface area contributed by atoms with Gasteiger partial charge in [-0.2, -0.15) is 0 Å². The van der Waals surface area contributed by atoms with Crippen molar-refractivity contribution in [3.63, 3.8) is 0 Å². The largest absolute Gasteiger partial charge is 0.469 e. The van der Waals surface area contributed by atoms with E-state index in [2.05, 4.69) is 33.4 Å². The number of hydrogen-bond donors (Lipinski definition) is 1. The Kier molecular flexibility index (Phi) is 7.21. The van der Waals surface area contributed by atoms with Crippen molar-refractivity contribution in [2.75, 3.05) is 13.7 Å². The molecule has 8 atom stereocenters. The first kappa shape index (κ1) is 26.6. The number of aliphatic hydroxyl groups excluding tert-OH is 1. The van der Waals surface area contributed by atoms with E-state index in [9.17, 15) is 14.7 Å². The van der Waals surface area contributed by atoms with Crippen LogP contribution < -0.4 is 0 Å². The standard InChI is InChI=1S/C31H48O4/c1-21(18-32)8-7-9-22(2)24-12-14-29(5)26-11-10-25(23(3)19-33)30(15-13-27(34)35-6)20-31(26,30)17-16-28(24,29)4/h8,18,22,24-26,33H,3,7,9-17,19-20H2,1-2,4-6H3/t22-,24-,25+,26+,28-,29+,30-,31+/m1/s1. The van der Waals surface area contributed by atoms with E-state index in [-0.39, 0.29) is 23.4 Å². The lowest BCUT2D eigenvalue weighted by Gasteiger charge is -2.61. The molecule has 4 rings (SSSR count). The molecule has 4 saturated carbocycles. The highest BCUT2D eigenvalue weighted by atomic mass is 16.5. The number of aldehydes is 1. The smallest absolute Gasteiger partial charge is 0.305 e. The first-order chi connectivity index (χ1) is 16.5. The van der Waals surface area contributed by atoms with E-state index in [4.69, 9.17) is 4.74 Å². The second kappa shape index (κ2) is 9.47. The predicted octanol–water partition coefficient (Wildman–Crippen LogP) is 6.67. The zero-order valence-electron chi connectivity index (χ0n) is 22.8. The minimum absolute atomic E-state index is 0.0536. The number of aliphatic hydroxyl groups is 1. The molecule has 4 aliphatic carbocycles. The quantitative estimate of drug-likeness (QED) is 0.163. The zero-order valence-corrected chi connectivity index (χ0v) is 22.8. The molecule has 4 fully saturated rings. The molecular formula is C31H48O4. The number of fused-ring (bicyclic) bond motifs is 2. The van der Waals surface area contributed by atoms with Gasteiger partial charge in [-0.15, -0.1) is 0 Å². The van der Waals surface area contributed by atoms with Crippen LogP contribution in [0.3, 0.4) is 0 Å². The molecular weight excluding hydrogens is 436 g/mol. The van der Waals surface area contributed by atoms with Gasteiger partial charge < -0.3 is 9.84 Å². The lowest BCUT2D eigenvalue weighted by atomic mass is 9.43. The molecule has 0 aliphatic heterocycles. The summed E-state index contributed by atoms with van der Waals surface area (Å²) in [4.78, 5) is 23.1. The third-order valence-electron chi connectivity index (χ3n) is 12.2. The van der Waals surface area contributed by atoms with Gasteiger partial charge in [-0.25, -0.2) is 0 Å². The summed E-state index contributed by atoms with van der Waals surface area (Å²) in [6.45, 7) is 13.9. The van der Waals surface area contributed by atoms with Gasteiger partial charge in [-0.3, -0.25) is 9.59 Å². The Labute approximate surface area is 213 Å². The number of carbonyl (C=O) groups is 2. The molecule has 4 nitrogen and oxygen atoms in total. The van der Waals surface area contributed by atoms with Gasteiger partial charge >= 0.3 is 5.97 Å². The van der Waals surface area contributed by atoms with E-state index >= 15 is 0 Å². The third-order valence-corrected chi connectivity index (χ3v) is 12.2. The van der Waals surface area contributed by atoms with Gasteiger partial charge in [-0.05, 0) is 128 Å². The number of rotatable bonds is 10. The second-order valence-corrected chi connectivity index (χ2v) is 13.2. The summed E-state index contributed by atoms with van der Waals surface area (Å²) in [6, 6.07) is 0. The van der Waals surface area contributed by atoms with Crippen molar-refractivity contribution in [2.24, 2.45) is 45.3 Å². The first-order valence-corrected chi connectivity index (χ1v) is 14.0. The molecule has 0 aromatic carbocycles. The molecule has 35 heavy (non-hydrogen) atoms. The molecule has 1 N–H and O–H groups in total. The number of allylic oxidation sites excluding steroid dienone is 2. The van der Waals surface area contributed by atoms with Gasteiger partial charge in [0.05, 0.1) is 13.7 Å². The maximum Gasteiger partial charge on any atom is 0.305 e. The van der Waals surface area contributed by atoms with Crippen LogP contribution in [0.1, 0.15) is 98.3 Å². The summed E-state index contributed by atoms with van der Waals surface area (Å²) in [5.41, 5.74) is 2.87. The second-order valence-electron chi connectivity index (χ2n) is 13.2. The van der Waals surface area contributed by atoms with Crippen LogP contribution >= 0.6 is 0 Å². The summed E-state index contributed by atoms with van der Waals surface area (Å²) in [7, 11) is 1.49. The number of ether oxygens (including phenoxy) is 1. The van der Waals surface area contributed by atoms with E-state index in [1.807, 2.05) is 6.92 Å². The van der Waals surface area contributed by atoms with E-state index in [1.54, 1.807) is 0 Å². The number of hydrogen-bond acceptors (Lipinski definition) is 4. The fraction of sp³-hybridized carbons (Fsp3) is 0.806. The van der Waals surface area contributed by atoms with Crippen LogP contribution in [0.25, 0.3) is 0 Å². The fourth-order valence-corrected chi connectivity index (χ4v) is 10.2. The van der Waals surface area contributed by atoms with Crippen LogP contribution in [-0.2, 0) is 14.3 Å². The Balaban J connectivity index is 1.58. The van der Waals surface area contributed by atoms with E-state index in [0.29, 0.717) is 35.0 Å². The molecule has 0 amide bonds. The van der Waals surface area contributed by atoms with Crippen molar-refractivity contribution >= 4 is 12.3 Å². The van der Waals surface area contributed by atoms with Crippen molar-refractivity contribution in [3.8, 4) is 0 Å². The van der Waals surface area contributed by atoms with Crippen molar-refractivity contribution in [1.82, 2.24) is 0 Å². The zero-order chi connectivity index (χ0) is 25.6. The van der Waals surface area contributed by atoms with Gasteiger partial charge in [0, 0.05) is 6.42 Å². The average molecular weight is 485 g/mol. The summed E-state index contributed by atoms with van der Waals surface area (Å²) in [5.74, 6) is 2.27. The van der Waals surface area contributed by atoms with E-state index in [0.717, 1.165) is 49.0 Å². The predicted molar refractivity (Wildman–Crippen MR) is 140 cm³/mol. The highest BCUT2D eigenvalue weighted by Crippen LogP contribution is 2.87. The third kappa shape index (κ3) is 3.88. The highest BCUT2D eigenvalue weighted by Gasteiger charge is 2.80. The van der Waals surface area contributed by atoms with Gasteiger partial charge in [0.25, 0.3) is 0 Å². The van der Waals surface area contributed by atoms with Crippen LogP contribution in [0.4, 0.5) is 0 Å². The van der Waals surface area contributed by atoms with Crippen LogP contribution in [0.5, 0.6) is 0 Å². The Morgan fingerprint density at radius 2 is 1.91 bits per heavy atom. The summed E-state index contributed by atoms with van der Waals surface area (Å²) >= 11 is 0. The van der Waals surface area contributed by atoms with Gasteiger partial charge in [0.15, 0.2) is 0 Å². The Hall–Kier alpha value is -1.42.